The summed E-state index contributed by atoms with van der Waals surface area (Å²) in [7, 11) is 1.57. The van der Waals surface area contributed by atoms with Gasteiger partial charge in [0.2, 0.25) is 0 Å². The summed E-state index contributed by atoms with van der Waals surface area (Å²) < 4.78 is 8.53. The Hall–Kier alpha value is -3.26. The van der Waals surface area contributed by atoms with Gasteiger partial charge in [0.15, 0.2) is 0 Å². The van der Waals surface area contributed by atoms with Crippen molar-refractivity contribution < 1.29 is 4.74 Å². The molecule has 8 heteroatoms. The Morgan fingerprint density at radius 2 is 2.00 bits per heavy atom. The Kier molecular flexibility index (Phi) is 4.55. The Bertz CT molecular complexity index is 1130. The van der Waals surface area contributed by atoms with E-state index in [1.807, 2.05) is 55.6 Å². The molecule has 4 aromatic rings. The van der Waals surface area contributed by atoms with Crippen LogP contribution in [-0.4, -0.2) is 24.8 Å². The average Bonchev–Trinajstić information content (AvgIpc) is 3.32. The second-order valence-electron chi connectivity index (χ2n) is 6.05. The van der Waals surface area contributed by atoms with Gasteiger partial charge < -0.3 is 4.74 Å². The highest BCUT2D eigenvalue weighted by Crippen LogP contribution is 2.27. The van der Waals surface area contributed by atoms with Crippen LogP contribution in [0.3, 0.4) is 0 Å². The van der Waals surface area contributed by atoms with Gasteiger partial charge in [-0.2, -0.15) is 9.36 Å². The first-order valence-electron chi connectivity index (χ1n) is 8.33. The molecule has 7 nitrogen and oxygen atoms in total. The lowest BCUT2D eigenvalue weighted by molar-refractivity contribution is 0.305. The van der Waals surface area contributed by atoms with Gasteiger partial charge in [0.25, 0.3) is 0 Å². The molecule has 0 saturated heterocycles. The molecule has 2 heterocycles. The molecular formula is C19H17N5O2S. The molecule has 0 saturated carbocycles. The maximum Gasteiger partial charge on any atom is 0.368 e. The van der Waals surface area contributed by atoms with E-state index < -0.39 is 0 Å². The van der Waals surface area contributed by atoms with Gasteiger partial charge in [-0.15, -0.1) is 11.3 Å². The third kappa shape index (κ3) is 3.39. The van der Waals surface area contributed by atoms with Crippen LogP contribution in [0.4, 0.5) is 0 Å². The molecule has 0 aliphatic rings. The summed E-state index contributed by atoms with van der Waals surface area (Å²) in [5, 5.41) is 7.74. The maximum absolute atomic E-state index is 12.2. The number of aromatic nitrogens is 5. The van der Waals surface area contributed by atoms with Crippen molar-refractivity contribution in [1.82, 2.24) is 24.8 Å². The molecule has 2 aromatic carbocycles. The van der Waals surface area contributed by atoms with Crippen molar-refractivity contribution in [3.05, 3.63) is 75.8 Å². The first-order valence-corrected chi connectivity index (χ1v) is 9.21. The average molecular weight is 379 g/mol. The monoisotopic (exact) mass is 379 g/mol. The zero-order valence-corrected chi connectivity index (χ0v) is 15.7. The number of tetrazole rings is 1. The van der Waals surface area contributed by atoms with Gasteiger partial charge in [0, 0.05) is 18.8 Å². The van der Waals surface area contributed by atoms with Gasteiger partial charge >= 0.3 is 5.69 Å². The third-order valence-electron chi connectivity index (χ3n) is 4.27. The van der Waals surface area contributed by atoms with Crippen LogP contribution >= 0.6 is 11.3 Å². The van der Waals surface area contributed by atoms with E-state index in [4.69, 9.17) is 4.74 Å². The third-order valence-corrected chi connectivity index (χ3v) is 5.09. The Morgan fingerprint density at radius 3 is 2.74 bits per heavy atom. The van der Waals surface area contributed by atoms with Gasteiger partial charge in [-0.1, -0.05) is 24.3 Å². The number of thiazole rings is 1. The lowest BCUT2D eigenvalue weighted by Gasteiger charge is -2.13. The first-order chi connectivity index (χ1) is 13.1. The normalized spacial score (nSPS) is 10.9. The van der Waals surface area contributed by atoms with Crippen LogP contribution in [0.2, 0.25) is 0 Å². The molecule has 0 aliphatic carbocycles. The molecule has 0 aliphatic heterocycles. The molecule has 27 heavy (non-hydrogen) atoms. The van der Waals surface area contributed by atoms with Crippen molar-refractivity contribution in [1.29, 1.82) is 0 Å². The van der Waals surface area contributed by atoms with E-state index in [9.17, 15) is 4.79 Å². The predicted octanol–water partition coefficient (Wildman–Crippen LogP) is 2.98. The first kappa shape index (κ1) is 17.2. The van der Waals surface area contributed by atoms with E-state index in [-0.39, 0.29) is 5.69 Å². The van der Waals surface area contributed by atoms with Gasteiger partial charge in [-0.05, 0) is 46.7 Å². The van der Waals surface area contributed by atoms with Crippen molar-refractivity contribution in [2.45, 2.75) is 13.5 Å². The van der Waals surface area contributed by atoms with Crippen LogP contribution < -0.4 is 10.4 Å². The molecule has 0 bridgehead atoms. The maximum atomic E-state index is 12.2. The summed E-state index contributed by atoms with van der Waals surface area (Å²) in [6, 6.07) is 13.6. The molecular weight excluding hydrogens is 362 g/mol. The molecule has 4 rings (SSSR count). The molecule has 0 radical (unpaired) electrons. The molecule has 0 N–H and O–H groups in total. The highest BCUT2D eigenvalue weighted by Gasteiger charge is 2.13. The van der Waals surface area contributed by atoms with Crippen LogP contribution in [0, 0.1) is 6.92 Å². The summed E-state index contributed by atoms with van der Waals surface area (Å²) in [6.45, 7) is 2.30. The Morgan fingerprint density at radius 1 is 1.15 bits per heavy atom. The second-order valence-corrected chi connectivity index (χ2v) is 6.94. The largest absolute Gasteiger partial charge is 0.489 e. The summed E-state index contributed by atoms with van der Waals surface area (Å²) in [5.41, 5.74) is 5.15. The lowest BCUT2D eigenvalue weighted by Crippen LogP contribution is -2.23. The number of benzene rings is 2. The van der Waals surface area contributed by atoms with Crippen molar-refractivity contribution in [2.75, 3.05) is 0 Å². The summed E-state index contributed by atoms with van der Waals surface area (Å²) >= 11 is 1.58. The fraction of sp³-hybridized carbons (Fsp3) is 0.158. The Labute approximate surface area is 159 Å². The summed E-state index contributed by atoms with van der Waals surface area (Å²) in [4.78, 5) is 17.4. The van der Waals surface area contributed by atoms with E-state index in [1.165, 1.54) is 9.36 Å². The predicted molar refractivity (Wildman–Crippen MR) is 103 cm³/mol. The number of nitrogens with zero attached hydrogens (tertiary/aromatic N) is 5. The fourth-order valence-corrected chi connectivity index (χ4v) is 3.41. The smallest absolute Gasteiger partial charge is 0.368 e. The molecule has 0 unspecified atom stereocenters. The van der Waals surface area contributed by atoms with Crippen molar-refractivity contribution >= 4 is 11.3 Å². The van der Waals surface area contributed by atoms with Crippen LogP contribution in [0.1, 0.15) is 11.1 Å². The van der Waals surface area contributed by atoms with Crippen molar-refractivity contribution in [2.24, 2.45) is 7.05 Å². The van der Waals surface area contributed by atoms with E-state index in [0.29, 0.717) is 12.3 Å². The van der Waals surface area contributed by atoms with E-state index >= 15 is 0 Å². The molecule has 0 atom stereocenters. The number of ether oxygens (including phenoxy) is 1. The molecule has 2 aromatic heterocycles. The van der Waals surface area contributed by atoms with Crippen LogP contribution in [0.15, 0.2) is 59.0 Å². The summed E-state index contributed by atoms with van der Waals surface area (Å²) in [6.07, 6.45) is 1.84. The topological polar surface area (TPSA) is 74.8 Å². The minimum Gasteiger partial charge on any atom is -0.489 e. The number of rotatable bonds is 5. The van der Waals surface area contributed by atoms with Crippen LogP contribution in [0.5, 0.6) is 5.75 Å². The highest BCUT2D eigenvalue weighted by atomic mass is 32.1. The minimum atomic E-state index is -0.297. The second kappa shape index (κ2) is 7.16. The van der Waals surface area contributed by atoms with Crippen molar-refractivity contribution in [3.8, 4) is 21.9 Å². The minimum absolute atomic E-state index is 0.297. The van der Waals surface area contributed by atoms with E-state index in [2.05, 4.69) is 15.4 Å². The van der Waals surface area contributed by atoms with Gasteiger partial charge in [0.05, 0.1) is 16.1 Å². The van der Waals surface area contributed by atoms with Gasteiger partial charge in [-0.25, -0.2) is 4.79 Å². The zero-order valence-electron chi connectivity index (χ0n) is 14.9. The standard InChI is InChI=1S/C19H17N5O2S/c1-13-5-3-8-17(24-19(25)23(2)21-22-24)16(13)11-26-15-7-4-6-14(9-15)18-10-20-12-27-18/h3-10,12H,11H2,1-2H3. The lowest BCUT2D eigenvalue weighted by atomic mass is 10.1. The van der Waals surface area contributed by atoms with Crippen molar-refractivity contribution in [3.63, 3.8) is 0 Å². The fourth-order valence-electron chi connectivity index (χ4n) is 2.79. The number of aryl methyl sites for hydroxylation is 2. The van der Waals surface area contributed by atoms with E-state index in [0.717, 1.165) is 27.3 Å². The summed E-state index contributed by atoms with van der Waals surface area (Å²) in [5.74, 6) is 0.751. The number of hydrogen-bond donors (Lipinski definition) is 0. The van der Waals surface area contributed by atoms with Crippen LogP contribution in [0.25, 0.3) is 16.1 Å². The van der Waals surface area contributed by atoms with Crippen LogP contribution in [-0.2, 0) is 13.7 Å². The zero-order chi connectivity index (χ0) is 18.8. The van der Waals surface area contributed by atoms with E-state index in [1.54, 1.807) is 23.9 Å². The highest BCUT2D eigenvalue weighted by molar-refractivity contribution is 7.13. The molecule has 0 amide bonds. The van der Waals surface area contributed by atoms with Gasteiger partial charge in [0.1, 0.15) is 12.4 Å². The quantitative estimate of drug-likeness (QED) is 0.533. The number of hydrogen-bond acceptors (Lipinski definition) is 6. The van der Waals surface area contributed by atoms with Gasteiger partial charge in [-0.3, -0.25) is 4.98 Å². The Balaban J connectivity index is 1.63. The molecule has 0 fully saturated rings. The SMILES string of the molecule is Cc1cccc(-n2nnn(C)c2=O)c1COc1cccc(-c2cncs2)c1. The molecule has 0 spiro atoms. The molecule has 136 valence electrons.